The Morgan fingerprint density at radius 3 is 2.85 bits per heavy atom. The Hall–Kier alpha value is 0.260. The first kappa shape index (κ1) is 9.80. The third kappa shape index (κ3) is 1.74. The van der Waals surface area contributed by atoms with Crippen molar-refractivity contribution in [3.05, 3.63) is 26.6 Å². The Kier molecular flexibility index (Phi) is 2.86. The minimum absolute atomic E-state index is 1.36. The number of fused-ring (bicyclic) bond motifs is 1. The summed E-state index contributed by atoms with van der Waals surface area (Å²) in [4.78, 5) is 1.40. The van der Waals surface area contributed by atoms with E-state index in [2.05, 4.69) is 53.3 Å². The molecular formula is C10H9IS2. The minimum atomic E-state index is 1.36. The Labute approximate surface area is 99.9 Å². The van der Waals surface area contributed by atoms with Crippen LogP contribution in [0, 0.1) is 10.5 Å². The van der Waals surface area contributed by atoms with Crippen molar-refractivity contribution in [3.63, 3.8) is 0 Å². The van der Waals surface area contributed by atoms with Crippen molar-refractivity contribution in [2.24, 2.45) is 0 Å². The molecule has 1 aromatic carbocycles. The highest BCUT2D eigenvalue weighted by Crippen LogP contribution is 2.35. The van der Waals surface area contributed by atoms with Crippen LogP contribution in [0.4, 0.5) is 0 Å². The number of thioether (sulfide) groups is 1. The van der Waals surface area contributed by atoms with Gasteiger partial charge in [-0.15, -0.1) is 23.1 Å². The molecule has 2 aromatic rings. The summed E-state index contributed by atoms with van der Waals surface area (Å²) in [6, 6.07) is 4.53. The van der Waals surface area contributed by atoms with Crippen LogP contribution in [0.15, 0.2) is 22.4 Å². The predicted molar refractivity (Wildman–Crippen MR) is 71.1 cm³/mol. The van der Waals surface area contributed by atoms with Crippen LogP contribution in [0.3, 0.4) is 0 Å². The van der Waals surface area contributed by atoms with Gasteiger partial charge in [0.1, 0.15) is 0 Å². The third-order valence-corrected chi connectivity index (χ3v) is 4.92. The van der Waals surface area contributed by atoms with Gasteiger partial charge in [0.15, 0.2) is 0 Å². The van der Waals surface area contributed by atoms with Crippen molar-refractivity contribution in [2.75, 3.05) is 6.26 Å². The van der Waals surface area contributed by atoms with Gasteiger partial charge in [-0.3, -0.25) is 0 Å². The minimum Gasteiger partial charge on any atom is -0.143 e. The maximum absolute atomic E-state index is 2.41. The fraction of sp³-hybridized carbons (Fsp3) is 0.200. The van der Waals surface area contributed by atoms with E-state index in [0.29, 0.717) is 0 Å². The number of benzene rings is 1. The number of hydrogen-bond donors (Lipinski definition) is 0. The molecule has 0 aliphatic carbocycles. The zero-order valence-corrected chi connectivity index (χ0v) is 11.2. The monoisotopic (exact) mass is 320 g/mol. The van der Waals surface area contributed by atoms with E-state index in [1.54, 1.807) is 0 Å². The molecule has 0 radical (unpaired) electrons. The van der Waals surface area contributed by atoms with E-state index in [1.807, 2.05) is 23.1 Å². The average Bonchev–Trinajstić information content (AvgIpc) is 2.46. The zero-order chi connectivity index (χ0) is 9.42. The molecule has 0 N–H and O–H groups in total. The quantitative estimate of drug-likeness (QED) is 0.549. The van der Waals surface area contributed by atoms with Gasteiger partial charge in [0.05, 0.1) is 0 Å². The van der Waals surface area contributed by atoms with Crippen molar-refractivity contribution in [2.45, 2.75) is 11.8 Å². The van der Waals surface area contributed by atoms with E-state index in [4.69, 9.17) is 0 Å². The van der Waals surface area contributed by atoms with Gasteiger partial charge in [-0.1, -0.05) is 0 Å². The maximum atomic E-state index is 2.41. The molecule has 0 unspecified atom stereocenters. The van der Waals surface area contributed by atoms with Crippen molar-refractivity contribution in [3.8, 4) is 0 Å². The van der Waals surface area contributed by atoms with Crippen molar-refractivity contribution >= 4 is 55.8 Å². The number of hydrogen-bond acceptors (Lipinski definition) is 2. The summed E-state index contributed by atoms with van der Waals surface area (Å²) in [5.41, 5.74) is 1.36. The normalized spacial score (nSPS) is 11.0. The lowest BCUT2D eigenvalue weighted by Crippen LogP contribution is -1.77. The Balaban J connectivity index is 2.85. The number of thiophene rings is 1. The van der Waals surface area contributed by atoms with Gasteiger partial charge in [0.2, 0.25) is 0 Å². The smallest absolute Gasteiger partial charge is 0.0367 e. The SMILES string of the molecule is CSc1cc(C)cc2scc(I)c12. The number of halogens is 1. The van der Waals surface area contributed by atoms with E-state index < -0.39 is 0 Å². The largest absolute Gasteiger partial charge is 0.143 e. The standard InChI is InChI=1S/C10H9IS2/c1-6-3-8(12-2)10-7(11)5-13-9(10)4-6/h3-5H,1-2H3. The van der Waals surface area contributed by atoms with Crippen LogP contribution in [0.1, 0.15) is 5.56 Å². The van der Waals surface area contributed by atoms with Crippen LogP contribution in [-0.4, -0.2) is 6.26 Å². The van der Waals surface area contributed by atoms with E-state index >= 15 is 0 Å². The molecule has 0 atom stereocenters. The summed E-state index contributed by atoms with van der Waals surface area (Å²) in [5.74, 6) is 0. The van der Waals surface area contributed by atoms with Crippen molar-refractivity contribution in [1.82, 2.24) is 0 Å². The molecule has 68 valence electrons. The fourth-order valence-electron chi connectivity index (χ4n) is 1.38. The summed E-state index contributed by atoms with van der Waals surface area (Å²) >= 11 is 6.08. The van der Waals surface area contributed by atoms with E-state index in [-0.39, 0.29) is 0 Å². The molecule has 0 aliphatic heterocycles. The highest BCUT2D eigenvalue weighted by Gasteiger charge is 2.06. The van der Waals surface area contributed by atoms with Crippen LogP contribution in [0.2, 0.25) is 0 Å². The highest BCUT2D eigenvalue weighted by atomic mass is 127. The second-order valence-electron chi connectivity index (χ2n) is 2.92. The second-order valence-corrected chi connectivity index (χ2v) is 5.85. The predicted octanol–water partition coefficient (Wildman–Crippen LogP) is 4.54. The molecule has 13 heavy (non-hydrogen) atoms. The number of rotatable bonds is 1. The van der Waals surface area contributed by atoms with Crippen LogP contribution in [-0.2, 0) is 0 Å². The summed E-state index contributed by atoms with van der Waals surface area (Å²) in [7, 11) is 0. The Morgan fingerprint density at radius 2 is 2.15 bits per heavy atom. The molecule has 0 fully saturated rings. The first-order chi connectivity index (χ1) is 6.22. The fourth-order valence-corrected chi connectivity index (χ4v) is 4.45. The lowest BCUT2D eigenvalue weighted by molar-refractivity contribution is 1.43. The summed E-state index contributed by atoms with van der Waals surface area (Å²) in [6.07, 6.45) is 2.14. The topological polar surface area (TPSA) is 0 Å². The molecule has 1 aromatic heterocycles. The van der Waals surface area contributed by atoms with Crippen LogP contribution >= 0.6 is 45.7 Å². The molecule has 0 aliphatic rings. The summed E-state index contributed by atoms with van der Waals surface area (Å²) in [5, 5.41) is 3.66. The number of aryl methyl sites for hydroxylation is 1. The van der Waals surface area contributed by atoms with Crippen molar-refractivity contribution in [1.29, 1.82) is 0 Å². The van der Waals surface area contributed by atoms with Gasteiger partial charge < -0.3 is 0 Å². The lowest BCUT2D eigenvalue weighted by atomic mass is 10.2. The molecule has 0 spiro atoms. The Bertz CT molecular complexity index is 445. The zero-order valence-electron chi connectivity index (χ0n) is 7.43. The molecule has 1 heterocycles. The molecule has 2 rings (SSSR count). The molecule has 0 amide bonds. The summed E-state index contributed by atoms with van der Waals surface area (Å²) < 4.78 is 2.79. The molecule has 0 saturated carbocycles. The molecule has 3 heteroatoms. The first-order valence-corrected chi connectivity index (χ1v) is 7.12. The van der Waals surface area contributed by atoms with Gasteiger partial charge in [-0.25, -0.2) is 0 Å². The lowest BCUT2D eigenvalue weighted by Gasteiger charge is -2.01. The average molecular weight is 320 g/mol. The second kappa shape index (κ2) is 3.79. The molecule has 0 saturated heterocycles. The van der Waals surface area contributed by atoms with Crippen LogP contribution < -0.4 is 0 Å². The van der Waals surface area contributed by atoms with Gasteiger partial charge in [0, 0.05) is 23.9 Å². The van der Waals surface area contributed by atoms with Gasteiger partial charge in [-0.2, -0.15) is 0 Å². The van der Waals surface area contributed by atoms with Gasteiger partial charge >= 0.3 is 0 Å². The molecular weight excluding hydrogens is 311 g/mol. The van der Waals surface area contributed by atoms with Gasteiger partial charge in [0.25, 0.3) is 0 Å². The first-order valence-electron chi connectivity index (χ1n) is 3.93. The maximum Gasteiger partial charge on any atom is 0.0367 e. The van der Waals surface area contributed by atoms with Gasteiger partial charge in [-0.05, 0) is 53.5 Å². The third-order valence-electron chi connectivity index (χ3n) is 1.96. The van der Waals surface area contributed by atoms with Crippen LogP contribution in [0.25, 0.3) is 10.1 Å². The summed E-state index contributed by atoms with van der Waals surface area (Å²) in [6.45, 7) is 2.16. The van der Waals surface area contributed by atoms with E-state index in [1.165, 1.54) is 24.1 Å². The highest BCUT2D eigenvalue weighted by molar-refractivity contribution is 14.1. The molecule has 0 bridgehead atoms. The van der Waals surface area contributed by atoms with Crippen LogP contribution in [0.5, 0.6) is 0 Å². The van der Waals surface area contributed by atoms with E-state index in [0.717, 1.165) is 0 Å². The Morgan fingerprint density at radius 1 is 1.38 bits per heavy atom. The van der Waals surface area contributed by atoms with E-state index in [9.17, 15) is 0 Å². The van der Waals surface area contributed by atoms with Crippen molar-refractivity contribution < 1.29 is 0 Å². The molecule has 0 nitrogen and oxygen atoms in total.